The van der Waals surface area contributed by atoms with Crippen molar-refractivity contribution in [1.29, 1.82) is 0 Å². The summed E-state index contributed by atoms with van der Waals surface area (Å²) < 4.78 is 0. The van der Waals surface area contributed by atoms with Gasteiger partial charge in [0.25, 0.3) is 0 Å². The van der Waals surface area contributed by atoms with Gasteiger partial charge in [-0.15, -0.1) is 11.3 Å². The van der Waals surface area contributed by atoms with E-state index in [9.17, 15) is 0 Å². The largest absolute Gasteiger partial charge is 0.308 e. The Balaban J connectivity index is 2.26. The van der Waals surface area contributed by atoms with Gasteiger partial charge in [-0.05, 0) is 33.6 Å². The molecule has 1 aromatic rings. The summed E-state index contributed by atoms with van der Waals surface area (Å²) in [5, 5.41) is 7.08. The molecule has 1 aliphatic rings. The first-order chi connectivity index (χ1) is 8.95. The minimum Gasteiger partial charge on any atom is -0.308 e. The number of rotatable bonds is 4. The molecule has 0 aliphatic carbocycles. The summed E-state index contributed by atoms with van der Waals surface area (Å²) in [5.74, 6) is 0. The zero-order valence-corrected chi connectivity index (χ0v) is 13.7. The average molecular weight is 281 g/mol. The fraction of sp³-hybridized carbons (Fsp3) is 0.800. The maximum absolute atomic E-state index is 4.55. The molecule has 1 aliphatic heterocycles. The molecule has 1 saturated heterocycles. The molecule has 0 bridgehead atoms. The summed E-state index contributed by atoms with van der Waals surface area (Å²) in [6, 6.07) is 0.546. The van der Waals surface area contributed by atoms with Gasteiger partial charge in [-0.3, -0.25) is 4.90 Å². The number of piperazine rings is 1. The van der Waals surface area contributed by atoms with Gasteiger partial charge in [0.05, 0.1) is 5.54 Å². The van der Waals surface area contributed by atoms with Crippen molar-refractivity contribution in [2.75, 3.05) is 13.1 Å². The molecule has 3 nitrogen and oxygen atoms in total. The van der Waals surface area contributed by atoms with Gasteiger partial charge in [0.15, 0.2) is 0 Å². The number of hydrogen-bond acceptors (Lipinski definition) is 4. The standard InChI is InChI=1S/C15H27N3S/c1-6-15(7-2)11-18(12(3)10-17-15)14(4,5)13-16-8-9-19-13/h8-9,12,17H,6-7,10-11H2,1-5H3. The Labute approximate surface area is 121 Å². The second-order valence-electron chi connectivity index (χ2n) is 6.24. The van der Waals surface area contributed by atoms with E-state index in [-0.39, 0.29) is 11.1 Å². The number of nitrogens with one attached hydrogen (secondary N) is 1. The molecule has 1 N–H and O–H groups in total. The minimum absolute atomic E-state index is 0.0191. The molecule has 0 amide bonds. The topological polar surface area (TPSA) is 28.2 Å². The quantitative estimate of drug-likeness (QED) is 0.918. The maximum Gasteiger partial charge on any atom is 0.112 e. The van der Waals surface area contributed by atoms with Crippen molar-refractivity contribution in [2.24, 2.45) is 0 Å². The SMILES string of the molecule is CCC1(CC)CN(C(C)(C)c2nccs2)C(C)CN1. The predicted octanol–water partition coefficient (Wildman–Crippen LogP) is 3.23. The number of hydrogen-bond donors (Lipinski definition) is 1. The van der Waals surface area contributed by atoms with Crippen LogP contribution in [0.1, 0.15) is 52.5 Å². The van der Waals surface area contributed by atoms with Crippen LogP contribution >= 0.6 is 11.3 Å². The zero-order chi connectivity index (χ0) is 14.1. The van der Waals surface area contributed by atoms with Crippen LogP contribution in [0.2, 0.25) is 0 Å². The summed E-state index contributed by atoms with van der Waals surface area (Å²) in [5.41, 5.74) is 0.284. The van der Waals surface area contributed by atoms with Gasteiger partial charge in [-0.25, -0.2) is 4.98 Å². The molecule has 0 saturated carbocycles. The fourth-order valence-electron chi connectivity index (χ4n) is 3.13. The molecule has 108 valence electrons. The highest BCUT2D eigenvalue weighted by atomic mass is 32.1. The second-order valence-corrected chi connectivity index (χ2v) is 7.14. The van der Waals surface area contributed by atoms with E-state index < -0.39 is 0 Å². The third kappa shape index (κ3) is 2.71. The minimum atomic E-state index is 0.0191. The molecule has 2 heterocycles. The van der Waals surface area contributed by atoms with E-state index in [1.165, 1.54) is 17.8 Å². The summed E-state index contributed by atoms with van der Waals surface area (Å²) in [6.07, 6.45) is 4.28. The molecule has 0 radical (unpaired) electrons. The Hall–Kier alpha value is -0.450. The third-order valence-corrected chi connectivity index (χ3v) is 5.89. The van der Waals surface area contributed by atoms with Crippen LogP contribution in [0.5, 0.6) is 0 Å². The van der Waals surface area contributed by atoms with Crippen LogP contribution < -0.4 is 5.32 Å². The zero-order valence-electron chi connectivity index (χ0n) is 12.9. The Morgan fingerprint density at radius 1 is 1.47 bits per heavy atom. The lowest BCUT2D eigenvalue weighted by Gasteiger charge is -2.52. The van der Waals surface area contributed by atoms with Crippen LogP contribution in [0, 0.1) is 0 Å². The predicted molar refractivity (Wildman–Crippen MR) is 82.6 cm³/mol. The van der Waals surface area contributed by atoms with Gasteiger partial charge in [-0.2, -0.15) is 0 Å². The van der Waals surface area contributed by atoms with Crippen molar-refractivity contribution >= 4 is 11.3 Å². The van der Waals surface area contributed by atoms with E-state index in [1.54, 1.807) is 11.3 Å². The smallest absolute Gasteiger partial charge is 0.112 e. The van der Waals surface area contributed by atoms with Gasteiger partial charge in [0.1, 0.15) is 5.01 Å². The van der Waals surface area contributed by atoms with Crippen LogP contribution in [-0.4, -0.2) is 34.6 Å². The van der Waals surface area contributed by atoms with Gasteiger partial charge in [0.2, 0.25) is 0 Å². The molecule has 1 unspecified atom stereocenters. The third-order valence-electron chi connectivity index (χ3n) is 4.80. The van der Waals surface area contributed by atoms with Crippen molar-refractivity contribution in [3.63, 3.8) is 0 Å². The highest BCUT2D eigenvalue weighted by Crippen LogP contribution is 2.35. The molecule has 1 atom stereocenters. The van der Waals surface area contributed by atoms with Crippen molar-refractivity contribution in [3.8, 4) is 0 Å². The van der Waals surface area contributed by atoms with E-state index in [0.29, 0.717) is 6.04 Å². The Morgan fingerprint density at radius 2 is 2.16 bits per heavy atom. The van der Waals surface area contributed by atoms with Crippen molar-refractivity contribution in [1.82, 2.24) is 15.2 Å². The Kier molecular flexibility index (Phi) is 4.33. The van der Waals surface area contributed by atoms with E-state index in [4.69, 9.17) is 0 Å². The maximum atomic E-state index is 4.55. The lowest BCUT2D eigenvalue weighted by Crippen LogP contribution is -2.66. The van der Waals surface area contributed by atoms with E-state index in [2.05, 4.69) is 55.2 Å². The van der Waals surface area contributed by atoms with Crippen LogP contribution in [0.3, 0.4) is 0 Å². The molecular weight excluding hydrogens is 254 g/mol. The first-order valence-electron chi connectivity index (χ1n) is 7.37. The lowest BCUT2D eigenvalue weighted by molar-refractivity contribution is 0.000895. The van der Waals surface area contributed by atoms with Crippen LogP contribution in [-0.2, 0) is 5.54 Å². The second kappa shape index (κ2) is 5.51. The monoisotopic (exact) mass is 281 g/mol. The highest BCUT2D eigenvalue weighted by Gasteiger charge is 2.42. The van der Waals surface area contributed by atoms with Gasteiger partial charge in [-0.1, -0.05) is 13.8 Å². The molecule has 2 rings (SSSR count). The number of nitrogens with zero attached hydrogens (tertiary/aromatic N) is 2. The summed E-state index contributed by atoms with van der Waals surface area (Å²) in [4.78, 5) is 7.19. The highest BCUT2D eigenvalue weighted by molar-refractivity contribution is 7.09. The van der Waals surface area contributed by atoms with Crippen molar-refractivity contribution < 1.29 is 0 Å². The first-order valence-corrected chi connectivity index (χ1v) is 8.25. The van der Waals surface area contributed by atoms with Crippen molar-refractivity contribution in [3.05, 3.63) is 16.6 Å². The molecule has 1 fully saturated rings. The Morgan fingerprint density at radius 3 is 2.68 bits per heavy atom. The molecule has 0 aromatic carbocycles. The number of thiazole rings is 1. The molecule has 4 heteroatoms. The Bertz CT molecular complexity index is 396. The van der Waals surface area contributed by atoms with E-state index >= 15 is 0 Å². The van der Waals surface area contributed by atoms with Gasteiger partial charge < -0.3 is 5.32 Å². The summed E-state index contributed by atoms with van der Waals surface area (Å²) in [6.45, 7) is 13.7. The normalized spacial score (nSPS) is 24.6. The summed E-state index contributed by atoms with van der Waals surface area (Å²) >= 11 is 1.77. The summed E-state index contributed by atoms with van der Waals surface area (Å²) in [7, 11) is 0. The molecular formula is C15H27N3S. The lowest BCUT2D eigenvalue weighted by atomic mass is 9.86. The van der Waals surface area contributed by atoms with E-state index in [0.717, 1.165) is 13.1 Å². The first kappa shape index (κ1) is 14.9. The number of aromatic nitrogens is 1. The van der Waals surface area contributed by atoms with Crippen LogP contribution in [0.4, 0.5) is 0 Å². The van der Waals surface area contributed by atoms with Crippen LogP contribution in [0.15, 0.2) is 11.6 Å². The van der Waals surface area contributed by atoms with Gasteiger partial charge >= 0.3 is 0 Å². The fourth-order valence-corrected chi connectivity index (χ4v) is 3.91. The molecule has 1 aromatic heterocycles. The molecule has 19 heavy (non-hydrogen) atoms. The van der Waals surface area contributed by atoms with Crippen molar-refractivity contribution in [2.45, 2.75) is 64.6 Å². The van der Waals surface area contributed by atoms with E-state index in [1.807, 2.05) is 6.20 Å². The average Bonchev–Trinajstić information content (AvgIpc) is 2.94. The van der Waals surface area contributed by atoms with Crippen LogP contribution in [0.25, 0.3) is 0 Å². The molecule has 0 spiro atoms. The van der Waals surface area contributed by atoms with Gasteiger partial charge in [0, 0.05) is 36.2 Å².